The first-order valence-corrected chi connectivity index (χ1v) is 2.28. The van der Waals surface area contributed by atoms with Gasteiger partial charge in [0.2, 0.25) is 0 Å². The third kappa shape index (κ3) is 2.50. The molecule has 4 nitrogen and oxygen atoms in total. The van der Waals surface area contributed by atoms with Crippen LogP contribution in [0.2, 0.25) is 0 Å². The molecule has 0 N–H and O–H groups in total. The summed E-state index contributed by atoms with van der Waals surface area (Å²) in [4.78, 5) is 12.8. The Labute approximate surface area is 82.7 Å². The molecule has 0 aromatic carbocycles. The van der Waals surface area contributed by atoms with Gasteiger partial charge in [-0.2, -0.15) is 0 Å². The molecule has 1 heterocycles. The summed E-state index contributed by atoms with van der Waals surface area (Å²) in [6.45, 7) is 0. The number of hydrogen-bond acceptors (Lipinski definition) is 3. The normalized spacial score (nSPS) is 8.00. The van der Waals surface area contributed by atoms with Gasteiger partial charge in [-0.15, -0.1) is 6.07 Å². The molecule has 0 atom stereocenters. The quantitative estimate of drug-likeness (QED) is 0.392. The molecule has 10 heavy (non-hydrogen) atoms. The first-order chi connectivity index (χ1) is 4.30. The van der Waals surface area contributed by atoms with Gasteiger partial charge in [-0.05, 0) is 0 Å². The molecule has 0 unspecified atom stereocenters. The SMILES string of the molecule is O=[N+]([O-])c1[c-]nccc1.[Y]. The number of pyridine rings is 1. The van der Waals surface area contributed by atoms with Crippen molar-refractivity contribution in [2.45, 2.75) is 0 Å². The van der Waals surface area contributed by atoms with E-state index in [-0.39, 0.29) is 38.4 Å². The number of aromatic nitrogens is 1. The molecule has 1 aromatic heterocycles. The van der Waals surface area contributed by atoms with Crippen molar-refractivity contribution in [3.8, 4) is 0 Å². The number of hydrogen-bond donors (Lipinski definition) is 0. The maximum absolute atomic E-state index is 9.94. The summed E-state index contributed by atoms with van der Waals surface area (Å²) in [5.74, 6) is 0. The van der Waals surface area contributed by atoms with Crippen LogP contribution < -0.4 is 0 Å². The molecule has 0 aliphatic rings. The average Bonchev–Trinajstić information content (AvgIpc) is 1.90. The second-order valence-corrected chi connectivity index (χ2v) is 1.39. The molecule has 0 bridgehead atoms. The second kappa shape index (κ2) is 4.47. The van der Waals surface area contributed by atoms with Crippen molar-refractivity contribution in [3.63, 3.8) is 0 Å². The summed E-state index contributed by atoms with van der Waals surface area (Å²) in [6, 6.07) is 2.83. The summed E-state index contributed by atoms with van der Waals surface area (Å²) >= 11 is 0. The average molecular weight is 212 g/mol. The van der Waals surface area contributed by atoms with E-state index < -0.39 is 4.92 Å². The summed E-state index contributed by atoms with van der Waals surface area (Å²) in [6.07, 6.45) is 3.66. The fourth-order valence-corrected chi connectivity index (χ4v) is 0.420. The van der Waals surface area contributed by atoms with E-state index in [1.165, 1.54) is 18.3 Å². The van der Waals surface area contributed by atoms with Crippen molar-refractivity contribution in [2.24, 2.45) is 0 Å². The van der Waals surface area contributed by atoms with Gasteiger partial charge in [0.05, 0.1) is 0 Å². The van der Waals surface area contributed by atoms with E-state index in [1.54, 1.807) is 0 Å². The van der Waals surface area contributed by atoms with Crippen molar-refractivity contribution in [2.75, 3.05) is 0 Å². The van der Waals surface area contributed by atoms with Gasteiger partial charge in [-0.3, -0.25) is 10.1 Å². The molecule has 1 aromatic rings. The van der Waals surface area contributed by atoms with Crippen LogP contribution in [0, 0.1) is 16.3 Å². The van der Waals surface area contributed by atoms with Crippen molar-refractivity contribution in [1.82, 2.24) is 4.98 Å². The Morgan fingerprint density at radius 2 is 2.40 bits per heavy atom. The molecule has 0 spiro atoms. The molecule has 0 aliphatic carbocycles. The Balaban J connectivity index is 0.000000810. The Kier molecular flexibility index (Phi) is 4.31. The van der Waals surface area contributed by atoms with Crippen LogP contribution in [0.3, 0.4) is 0 Å². The van der Waals surface area contributed by atoms with Crippen LogP contribution in [0.15, 0.2) is 18.3 Å². The predicted octanol–water partition coefficient (Wildman–Crippen LogP) is 0.787. The van der Waals surface area contributed by atoms with E-state index >= 15 is 0 Å². The maximum Gasteiger partial charge on any atom is 0.181 e. The monoisotopic (exact) mass is 212 g/mol. The van der Waals surface area contributed by atoms with Gasteiger partial charge in [-0.25, -0.2) is 0 Å². The standard InChI is InChI=1S/C5H3N2O2.Y/c8-7(9)5-2-1-3-6-4-5;/h1-3H;/q-1;. The molecular formula is C5H3N2O2Y-. The Bertz CT molecular complexity index is 214. The van der Waals surface area contributed by atoms with Gasteiger partial charge in [0.15, 0.2) is 5.69 Å². The minimum atomic E-state index is -0.535. The van der Waals surface area contributed by atoms with E-state index in [1.807, 2.05) is 0 Å². The van der Waals surface area contributed by atoms with Crippen molar-refractivity contribution < 1.29 is 37.6 Å². The predicted molar refractivity (Wildman–Crippen MR) is 29.7 cm³/mol. The minimum absolute atomic E-state index is 0. The Morgan fingerprint density at radius 3 is 2.70 bits per heavy atom. The molecule has 0 saturated heterocycles. The molecule has 0 fully saturated rings. The zero-order valence-electron chi connectivity index (χ0n) is 5.02. The number of nitrogens with zero attached hydrogens (tertiary/aromatic N) is 2. The topological polar surface area (TPSA) is 56.0 Å². The van der Waals surface area contributed by atoms with Gasteiger partial charge in [0.25, 0.3) is 0 Å². The summed E-state index contributed by atoms with van der Waals surface area (Å²) in [5, 5.41) is 9.94. The number of nitro groups is 1. The van der Waals surface area contributed by atoms with Crippen LogP contribution in [0.4, 0.5) is 5.69 Å². The molecule has 0 amide bonds. The van der Waals surface area contributed by atoms with E-state index in [0.29, 0.717) is 0 Å². The molecule has 1 radical (unpaired) electrons. The van der Waals surface area contributed by atoms with Crippen LogP contribution in [0.25, 0.3) is 0 Å². The first-order valence-electron chi connectivity index (χ1n) is 2.28. The van der Waals surface area contributed by atoms with Crippen LogP contribution in [0.5, 0.6) is 0 Å². The number of rotatable bonds is 1. The fourth-order valence-electron chi connectivity index (χ4n) is 0.420. The summed E-state index contributed by atoms with van der Waals surface area (Å²) < 4.78 is 0. The van der Waals surface area contributed by atoms with Gasteiger partial charge >= 0.3 is 0 Å². The van der Waals surface area contributed by atoms with E-state index in [9.17, 15) is 10.1 Å². The molecule has 1 rings (SSSR count). The maximum atomic E-state index is 9.94. The van der Waals surface area contributed by atoms with Gasteiger partial charge in [0.1, 0.15) is 0 Å². The molecule has 0 saturated carbocycles. The smallest absolute Gasteiger partial charge is 0.181 e. The van der Waals surface area contributed by atoms with Crippen molar-refractivity contribution in [1.29, 1.82) is 0 Å². The Hall–Kier alpha value is -0.346. The molecule has 0 aliphatic heterocycles. The van der Waals surface area contributed by atoms with E-state index in [4.69, 9.17) is 0 Å². The summed E-state index contributed by atoms with van der Waals surface area (Å²) in [7, 11) is 0. The second-order valence-electron chi connectivity index (χ2n) is 1.39. The largest absolute Gasteiger partial charge is 0.387 e. The van der Waals surface area contributed by atoms with Crippen LogP contribution in [-0.2, 0) is 32.7 Å². The van der Waals surface area contributed by atoms with E-state index in [2.05, 4.69) is 11.2 Å². The van der Waals surface area contributed by atoms with Crippen LogP contribution in [-0.4, -0.2) is 9.91 Å². The van der Waals surface area contributed by atoms with Gasteiger partial charge in [0, 0.05) is 43.8 Å². The Morgan fingerprint density at radius 1 is 1.70 bits per heavy atom. The van der Waals surface area contributed by atoms with E-state index in [0.717, 1.165) is 0 Å². The third-order valence-electron chi connectivity index (χ3n) is 0.790. The fraction of sp³-hybridized carbons (Fsp3) is 0. The van der Waals surface area contributed by atoms with Crippen LogP contribution >= 0.6 is 0 Å². The zero-order chi connectivity index (χ0) is 6.69. The first kappa shape index (κ1) is 9.65. The minimum Gasteiger partial charge on any atom is -0.387 e. The zero-order valence-corrected chi connectivity index (χ0v) is 7.86. The summed E-state index contributed by atoms with van der Waals surface area (Å²) in [5.41, 5.74) is -0.0995. The van der Waals surface area contributed by atoms with Gasteiger partial charge in [-0.1, -0.05) is 12.3 Å². The van der Waals surface area contributed by atoms with Gasteiger partial charge < -0.3 is 4.98 Å². The third-order valence-corrected chi connectivity index (χ3v) is 0.790. The molecular weight excluding hydrogens is 209 g/mol. The van der Waals surface area contributed by atoms with Crippen molar-refractivity contribution >= 4 is 5.69 Å². The molecule has 49 valence electrons. The van der Waals surface area contributed by atoms with Crippen LogP contribution in [0.1, 0.15) is 0 Å². The molecule has 5 heteroatoms. The van der Waals surface area contributed by atoms with Crippen molar-refractivity contribution in [3.05, 3.63) is 34.6 Å².